The van der Waals surface area contributed by atoms with Gasteiger partial charge >= 0.3 is 0 Å². The van der Waals surface area contributed by atoms with Gasteiger partial charge < -0.3 is 0 Å². The molecule has 0 bridgehead atoms. The zero-order chi connectivity index (χ0) is 15.4. The van der Waals surface area contributed by atoms with Crippen molar-refractivity contribution < 1.29 is 0 Å². The van der Waals surface area contributed by atoms with Crippen molar-refractivity contribution in [2.75, 3.05) is 0 Å². The van der Waals surface area contributed by atoms with Crippen LogP contribution in [0, 0.1) is 6.92 Å². The van der Waals surface area contributed by atoms with Gasteiger partial charge in [-0.2, -0.15) is 0 Å². The SMILES string of the molecule is [CH2]CCCCCCCCCCCCCCCC=CCCC. The van der Waals surface area contributed by atoms with E-state index in [-0.39, 0.29) is 0 Å². The highest BCUT2D eigenvalue weighted by molar-refractivity contribution is 4.80. The molecule has 0 aromatic carbocycles. The normalized spacial score (nSPS) is 11.5. The van der Waals surface area contributed by atoms with Crippen LogP contribution in [0.3, 0.4) is 0 Å². The second kappa shape index (κ2) is 19.7. The van der Waals surface area contributed by atoms with Gasteiger partial charge in [0.25, 0.3) is 0 Å². The van der Waals surface area contributed by atoms with Crippen LogP contribution in [0.5, 0.6) is 0 Å². The number of hydrogen-bond donors (Lipinski definition) is 0. The first kappa shape index (κ1) is 20.7. The van der Waals surface area contributed by atoms with Gasteiger partial charge in [-0.05, 0) is 19.3 Å². The molecule has 125 valence electrons. The summed E-state index contributed by atoms with van der Waals surface area (Å²) in [6.45, 7) is 6.14. The molecule has 0 aliphatic carbocycles. The molecule has 0 saturated heterocycles. The van der Waals surface area contributed by atoms with E-state index in [1.165, 1.54) is 103 Å². The molecule has 1 radical (unpaired) electrons. The third kappa shape index (κ3) is 19.7. The summed E-state index contributed by atoms with van der Waals surface area (Å²) >= 11 is 0. The maximum absolute atomic E-state index is 3.89. The predicted molar refractivity (Wildman–Crippen MR) is 98.7 cm³/mol. The van der Waals surface area contributed by atoms with Crippen molar-refractivity contribution in [3.8, 4) is 0 Å². The number of rotatable bonds is 17. The smallest absolute Gasteiger partial charge is 0.0351 e. The standard InChI is InChI=1S/C21H41/c1-3-5-7-9-11-13-15-17-19-21-20-18-16-14-12-10-8-6-4-2/h8,10H,1,3-7,9,11-21H2,2H3. The second-order valence-corrected chi connectivity index (χ2v) is 6.50. The lowest BCUT2D eigenvalue weighted by Gasteiger charge is -2.02. The molecule has 0 saturated carbocycles. The third-order valence-electron chi connectivity index (χ3n) is 4.24. The minimum atomic E-state index is 1.12. The van der Waals surface area contributed by atoms with Gasteiger partial charge in [0.1, 0.15) is 0 Å². The number of hydrogen-bond acceptors (Lipinski definition) is 0. The molecule has 0 fully saturated rings. The summed E-state index contributed by atoms with van der Waals surface area (Å²) in [4.78, 5) is 0. The van der Waals surface area contributed by atoms with Crippen LogP contribution < -0.4 is 0 Å². The van der Waals surface area contributed by atoms with E-state index in [0.717, 1.165) is 6.42 Å². The van der Waals surface area contributed by atoms with Gasteiger partial charge in [-0.25, -0.2) is 0 Å². The summed E-state index contributed by atoms with van der Waals surface area (Å²) in [5.74, 6) is 0. The largest absolute Gasteiger partial charge is 0.0885 e. The summed E-state index contributed by atoms with van der Waals surface area (Å²) in [7, 11) is 0. The molecular formula is C21H41. The molecule has 0 aromatic rings. The molecule has 0 aliphatic rings. The van der Waals surface area contributed by atoms with Crippen molar-refractivity contribution >= 4 is 0 Å². The van der Waals surface area contributed by atoms with E-state index in [1.807, 2.05) is 0 Å². The summed E-state index contributed by atoms with van der Waals surface area (Å²) in [5.41, 5.74) is 0. The monoisotopic (exact) mass is 293 g/mol. The number of unbranched alkanes of at least 4 members (excludes halogenated alkanes) is 15. The van der Waals surface area contributed by atoms with Gasteiger partial charge in [0.2, 0.25) is 0 Å². The highest BCUT2D eigenvalue weighted by Gasteiger charge is 1.93. The van der Waals surface area contributed by atoms with Crippen molar-refractivity contribution in [2.24, 2.45) is 0 Å². The van der Waals surface area contributed by atoms with Gasteiger partial charge in [-0.1, -0.05) is 116 Å². The molecular weight excluding hydrogens is 252 g/mol. The van der Waals surface area contributed by atoms with Crippen LogP contribution in [0.15, 0.2) is 12.2 Å². The van der Waals surface area contributed by atoms with Gasteiger partial charge in [-0.15, -0.1) is 0 Å². The van der Waals surface area contributed by atoms with Crippen molar-refractivity contribution in [1.82, 2.24) is 0 Å². The Hall–Kier alpha value is -0.260. The van der Waals surface area contributed by atoms with Gasteiger partial charge in [0.15, 0.2) is 0 Å². The van der Waals surface area contributed by atoms with E-state index < -0.39 is 0 Å². The fourth-order valence-electron chi connectivity index (χ4n) is 2.79. The molecule has 0 aromatic heterocycles. The molecule has 0 N–H and O–H groups in total. The lowest BCUT2D eigenvalue weighted by Crippen LogP contribution is -1.83. The molecule has 0 unspecified atom stereocenters. The average Bonchev–Trinajstić information content (AvgIpc) is 2.50. The van der Waals surface area contributed by atoms with E-state index in [9.17, 15) is 0 Å². The maximum atomic E-state index is 3.89. The molecule has 0 heteroatoms. The van der Waals surface area contributed by atoms with E-state index in [2.05, 4.69) is 26.0 Å². The zero-order valence-electron chi connectivity index (χ0n) is 14.9. The van der Waals surface area contributed by atoms with Gasteiger partial charge in [-0.3, -0.25) is 0 Å². The van der Waals surface area contributed by atoms with Gasteiger partial charge in [0, 0.05) is 0 Å². The fourth-order valence-corrected chi connectivity index (χ4v) is 2.79. The average molecular weight is 294 g/mol. The minimum Gasteiger partial charge on any atom is -0.0885 e. The Balaban J connectivity index is 2.96. The molecule has 21 heavy (non-hydrogen) atoms. The van der Waals surface area contributed by atoms with E-state index in [0.29, 0.717) is 0 Å². The molecule has 0 spiro atoms. The third-order valence-corrected chi connectivity index (χ3v) is 4.24. The van der Waals surface area contributed by atoms with Crippen molar-refractivity contribution in [1.29, 1.82) is 0 Å². The second-order valence-electron chi connectivity index (χ2n) is 6.50. The van der Waals surface area contributed by atoms with Crippen LogP contribution >= 0.6 is 0 Å². The first-order valence-electron chi connectivity index (χ1n) is 9.86. The van der Waals surface area contributed by atoms with Crippen LogP contribution in [0.2, 0.25) is 0 Å². The molecule has 0 nitrogen and oxygen atoms in total. The lowest BCUT2D eigenvalue weighted by molar-refractivity contribution is 0.537. The Labute approximate surface area is 135 Å². The van der Waals surface area contributed by atoms with Crippen molar-refractivity contribution in [3.05, 3.63) is 19.1 Å². The summed E-state index contributed by atoms with van der Waals surface area (Å²) < 4.78 is 0. The Kier molecular flexibility index (Phi) is 19.5. The Morgan fingerprint density at radius 2 is 0.905 bits per heavy atom. The lowest BCUT2D eigenvalue weighted by atomic mass is 10.0. The van der Waals surface area contributed by atoms with Crippen LogP contribution in [0.25, 0.3) is 0 Å². The molecule has 0 atom stereocenters. The van der Waals surface area contributed by atoms with Crippen molar-refractivity contribution in [2.45, 2.75) is 116 Å². The summed E-state index contributed by atoms with van der Waals surface area (Å²) in [6, 6.07) is 0. The molecule has 0 aliphatic heterocycles. The quantitative estimate of drug-likeness (QED) is 0.188. The fraction of sp³-hybridized carbons (Fsp3) is 0.857. The summed E-state index contributed by atoms with van der Waals surface area (Å²) in [5, 5.41) is 0. The molecule has 0 amide bonds. The molecule has 0 rings (SSSR count). The van der Waals surface area contributed by atoms with Crippen LogP contribution in [0.1, 0.15) is 116 Å². The zero-order valence-corrected chi connectivity index (χ0v) is 14.9. The van der Waals surface area contributed by atoms with Gasteiger partial charge in [0.05, 0.1) is 0 Å². The van der Waals surface area contributed by atoms with Crippen molar-refractivity contribution in [3.63, 3.8) is 0 Å². The molecule has 0 heterocycles. The predicted octanol–water partition coefficient (Wildman–Crippen LogP) is 8.03. The van der Waals surface area contributed by atoms with Crippen LogP contribution in [-0.2, 0) is 0 Å². The number of allylic oxidation sites excluding steroid dienone is 2. The van der Waals surface area contributed by atoms with E-state index in [4.69, 9.17) is 0 Å². The van der Waals surface area contributed by atoms with Crippen LogP contribution in [-0.4, -0.2) is 0 Å². The first-order valence-corrected chi connectivity index (χ1v) is 9.86. The highest BCUT2D eigenvalue weighted by Crippen LogP contribution is 2.13. The Morgan fingerprint density at radius 1 is 0.524 bits per heavy atom. The maximum Gasteiger partial charge on any atom is -0.0351 e. The highest BCUT2D eigenvalue weighted by atomic mass is 14.0. The van der Waals surface area contributed by atoms with E-state index in [1.54, 1.807) is 0 Å². The van der Waals surface area contributed by atoms with E-state index >= 15 is 0 Å². The first-order chi connectivity index (χ1) is 10.4. The Morgan fingerprint density at radius 3 is 1.33 bits per heavy atom. The summed E-state index contributed by atoms with van der Waals surface area (Å²) in [6.07, 6.45) is 28.4. The minimum absolute atomic E-state index is 1.12. The topological polar surface area (TPSA) is 0 Å². The Bertz CT molecular complexity index is 192. The van der Waals surface area contributed by atoms with Crippen LogP contribution in [0.4, 0.5) is 0 Å².